The summed E-state index contributed by atoms with van der Waals surface area (Å²) in [5, 5.41) is 13.3. The first-order valence-electron chi connectivity index (χ1n) is 6.64. The number of hydrogen-bond donors (Lipinski definition) is 2. The van der Waals surface area contributed by atoms with Gasteiger partial charge in [-0.2, -0.15) is 0 Å². The van der Waals surface area contributed by atoms with Crippen LogP contribution in [0.1, 0.15) is 29.2 Å². The van der Waals surface area contributed by atoms with Gasteiger partial charge in [-0.05, 0) is 31.0 Å². The lowest BCUT2D eigenvalue weighted by Crippen LogP contribution is -2.20. The zero-order valence-corrected chi connectivity index (χ0v) is 13.0. The minimum absolute atomic E-state index is 0.482. The SMILES string of the molecule is CCc1nc(NC(=O)C(O)c2cccc(OC)c2)sc1C. The van der Waals surface area contributed by atoms with E-state index in [-0.39, 0.29) is 0 Å². The zero-order valence-electron chi connectivity index (χ0n) is 12.2. The van der Waals surface area contributed by atoms with Crippen LogP contribution in [0, 0.1) is 6.92 Å². The van der Waals surface area contributed by atoms with Crippen molar-refractivity contribution in [1.82, 2.24) is 4.98 Å². The molecule has 2 aromatic rings. The molecule has 1 unspecified atom stereocenters. The van der Waals surface area contributed by atoms with Gasteiger partial charge in [0.25, 0.3) is 5.91 Å². The van der Waals surface area contributed by atoms with Gasteiger partial charge >= 0.3 is 0 Å². The smallest absolute Gasteiger partial charge is 0.259 e. The minimum atomic E-state index is -1.26. The Morgan fingerprint density at radius 1 is 1.52 bits per heavy atom. The van der Waals surface area contributed by atoms with Crippen LogP contribution in [0.2, 0.25) is 0 Å². The number of aryl methyl sites for hydroxylation is 2. The van der Waals surface area contributed by atoms with Crippen LogP contribution >= 0.6 is 11.3 Å². The van der Waals surface area contributed by atoms with Crippen LogP contribution < -0.4 is 10.1 Å². The molecule has 6 heteroatoms. The van der Waals surface area contributed by atoms with E-state index in [2.05, 4.69) is 10.3 Å². The van der Waals surface area contributed by atoms with Crippen LogP contribution in [-0.2, 0) is 11.2 Å². The summed E-state index contributed by atoms with van der Waals surface area (Å²) in [5.41, 5.74) is 1.45. The Hall–Kier alpha value is -1.92. The molecule has 112 valence electrons. The van der Waals surface area contributed by atoms with Gasteiger partial charge < -0.3 is 9.84 Å². The maximum Gasteiger partial charge on any atom is 0.259 e. The highest BCUT2D eigenvalue weighted by atomic mass is 32.1. The Morgan fingerprint density at radius 2 is 2.29 bits per heavy atom. The molecule has 1 amide bonds. The summed E-state index contributed by atoms with van der Waals surface area (Å²) in [7, 11) is 1.54. The highest BCUT2D eigenvalue weighted by molar-refractivity contribution is 7.15. The zero-order chi connectivity index (χ0) is 15.4. The van der Waals surface area contributed by atoms with Gasteiger partial charge in [0.05, 0.1) is 12.8 Å². The third-order valence-electron chi connectivity index (χ3n) is 3.12. The lowest BCUT2D eigenvalue weighted by atomic mass is 10.1. The molecule has 0 fully saturated rings. The molecule has 0 aliphatic carbocycles. The van der Waals surface area contributed by atoms with Crippen LogP contribution in [0.3, 0.4) is 0 Å². The quantitative estimate of drug-likeness (QED) is 0.891. The number of aliphatic hydroxyl groups excluding tert-OH is 1. The van der Waals surface area contributed by atoms with Crippen LogP contribution in [0.25, 0.3) is 0 Å². The average molecular weight is 306 g/mol. The van der Waals surface area contributed by atoms with Crippen molar-refractivity contribution < 1.29 is 14.6 Å². The predicted molar refractivity (Wildman–Crippen MR) is 82.8 cm³/mol. The van der Waals surface area contributed by atoms with Crippen molar-refractivity contribution in [3.63, 3.8) is 0 Å². The number of aromatic nitrogens is 1. The lowest BCUT2D eigenvalue weighted by Gasteiger charge is -2.11. The number of carbonyl (C=O) groups is 1. The van der Waals surface area contributed by atoms with Crippen molar-refractivity contribution in [2.24, 2.45) is 0 Å². The van der Waals surface area contributed by atoms with Crippen molar-refractivity contribution in [3.05, 3.63) is 40.4 Å². The number of thiazole rings is 1. The summed E-state index contributed by atoms with van der Waals surface area (Å²) < 4.78 is 5.08. The average Bonchev–Trinajstić information content (AvgIpc) is 2.86. The number of anilines is 1. The summed E-state index contributed by atoms with van der Waals surface area (Å²) in [6.07, 6.45) is -0.439. The van der Waals surface area contributed by atoms with Gasteiger partial charge in [0.2, 0.25) is 0 Å². The van der Waals surface area contributed by atoms with Gasteiger partial charge in [-0.3, -0.25) is 10.1 Å². The van der Waals surface area contributed by atoms with E-state index in [0.29, 0.717) is 16.4 Å². The fourth-order valence-electron chi connectivity index (χ4n) is 1.95. The van der Waals surface area contributed by atoms with Crippen molar-refractivity contribution in [1.29, 1.82) is 0 Å². The molecule has 0 bridgehead atoms. The van der Waals surface area contributed by atoms with Gasteiger partial charge in [-0.1, -0.05) is 19.1 Å². The van der Waals surface area contributed by atoms with E-state index >= 15 is 0 Å². The Morgan fingerprint density at radius 3 is 2.90 bits per heavy atom. The highest BCUT2D eigenvalue weighted by Gasteiger charge is 2.19. The van der Waals surface area contributed by atoms with Gasteiger partial charge in [-0.25, -0.2) is 4.98 Å². The number of methoxy groups -OCH3 is 1. The van der Waals surface area contributed by atoms with Crippen LogP contribution in [0.5, 0.6) is 5.75 Å². The largest absolute Gasteiger partial charge is 0.497 e. The minimum Gasteiger partial charge on any atom is -0.497 e. The van der Waals surface area contributed by atoms with Gasteiger partial charge in [-0.15, -0.1) is 11.3 Å². The Kier molecular flexibility index (Phi) is 4.93. The fourth-order valence-corrected chi connectivity index (χ4v) is 2.85. The van der Waals surface area contributed by atoms with Crippen LogP contribution in [0.15, 0.2) is 24.3 Å². The number of rotatable bonds is 5. The molecule has 1 aromatic heterocycles. The van der Waals surface area contributed by atoms with E-state index in [9.17, 15) is 9.90 Å². The fraction of sp³-hybridized carbons (Fsp3) is 0.333. The molecule has 0 radical (unpaired) electrons. The predicted octanol–water partition coefficient (Wildman–Crippen LogP) is 2.69. The molecule has 1 aromatic carbocycles. The molecule has 0 aliphatic heterocycles. The van der Waals surface area contributed by atoms with Crippen molar-refractivity contribution >= 4 is 22.4 Å². The van der Waals surface area contributed by atoms with E-state index in [0.717, 1.165) is 17.0 Å². The van der Waals surface area contributed by atoms with Gasteiger partial charge in [0, 0.05) is 4.88 Å². The van der Waals surface area contributed by atoms with Crippen molar-refractivity contribution in [2.45, 2.75) is 26.4 Å². The van der Waals surface area contributed by atoms with E-state index in [4.69, 9.17) is 4.74 Å². The third-order valence-corrected chi connectivity index (χ3v) is 4.04. The van der Waals surface area contributed by atoms with E-state index in [1.807, 2.05) is 13.8 Å². The molecule has 0 aliphatic rings. The Labute approximate surface area is 127 Å². The van der Waals surface area contributed by atoms with Crippen LogP contribution in [-0.4, -0.2) is 23.1 Å². The molecule has 2 N–H and O–H groups in total. The first-order valence-corrected chi connectivity index (χ1v) is 7.46. The number of amides is 1. The number of hydrogen-bond acceptors (Lipinski definition) is 5. The number of carbonyl (C=O) groups excluding carboxylic acids is 1. The molecule has 1 atom stereocenters. The number of aliphatic hydroxyl groups is 1. The second-order valence-electron chi connectivity index (χ2n) is 4.54. The molecule has 1 heterocycles. The third kappa shape index (κ3) is 3.59. The molecule has 0 saturated heterocycles. The lowest BCUT2D eigenvalue weighted by molar-refractivity contribution is -0.124. The van der Waals surface area contributed by atoms with Gasteiger partial charge in [0.1, 0.15) is 5.75 Å². The van der Waals surface area contributed by atoms with Crippen molar-refractivity contribution in [2.75, 3.05) is 12.4 Å². The van der Waals surface area contributed by atoms with E-state index in [1.165, 1.54) is 18.4 Å². The summed E-state index contributed by atoms with van der Waals surface area (Å²) in [6, 6.07) is 6.80. The summed E-state index contributed by atoms with van der Waals surface area (Å²) in [6.45, 7) is 3.98. The van der Waals surface area contributed by atoms with E-state index < -0.39 is 12.0 Å². The number of benzene rings is 1. The molecule has 21 heavy (non-hydrogen) atoms. The van der Waals surface area contributed by atoms with Crippen molar-refractivity contribution in [3.8, 4) is 5.75 Å². The summed E-state index contributed by atoms with van der Waals surface area (Å²) in [5.74, 6) is 0.0948. The normalized spacial score (nSPS) is 12.0. The van der Waals surface area contributed by atoms with Gasteiger partial charge in [0.15, 0.2) is 11.2 Å². The number of ether oxygens (including phenoxy) is 1. The van der Waals surface area contributed by atoms with Crippen LogP contribution in [0.4, 0.5) is 5.13 Å². The number of nitrogens with zero attached hydrogens (tertiary/aromatic N) is 1. The summed E-state index contributed by atoms with van der Waals surface area (Å²) in [4.78, 5) is 17.5. The number of nitrogens with one attached hydrogen (secondary N) is 1. The molecule has 5 nitrogen and oxygen atoms in total. The maximum absolute atomic E-state index is 12.1. The molecule has 0 saturated carbocycles. The Bertz CT molecular complexity index is 640. The standard InChI is InChI=1S/C15H18N2O3S/c1-4-12-9(2)21-15(16-12)17-14(19)13(18)10-6-5-7-11(8-10)20-3/h5-8,13,18H,4H2,1-3H3,(H,16,17,19). The summed E-state index contributed by atoms with van der Waals surface area (Å²) >= 11 is 1.41. The Balaban J connectivity index is 2.11. The first kappa shape index (κ1) is 15.5. The molecular formula is C15H18N2O3S. The first-order chi connectivity index (χ1) is 10.0. The second-order valence-corrected chi connectivity index (χ2v) is 5.75. The monoisotopic (exact) mass is 306 g/mol. The highest BCUT2D eigenvalue weighted by Crippen LogP contribution is 2.25. The topological polar surface area (TPSA) is 71.5 Å². The molecule has 0 spiro atoms. The molecule has 2 rings (SSSR count). The maximum atomic E-state index is 12.1. The second kappa shape index (κ2) is 6.69. The van der Waals surface area contributed by atoms with E-state index in [1.54, 1.807) is 24.3 Å². The molecular weight excluding hydrogens is 288 g/mol.